The van der Waals surface area contributed by atoms with Crippen molar-refractivity contribution in [3.05, 3.63) is 11.6 Å². The van der Waals surface area contributed by atoms with Crippen molar-refractivity contribution in [3.63, 3.8) is 0 Å². The first-order valence-electron chi connectivity index (χ1n) is 13.9. The molecule has 5 aliphatic rings. The SMILES string of the molecule is C[C@H]1[C@H](C)CC[C@@]2(C(=O)O)CC[C@]3(C)C(=CC[C@@H]4[C@@]5(C)CC[C@H](O)C(C)(C)[C@@H]5CC[C@]43C)[C@H]12. The van der Waals surface area contributed by atoms with Crippen LogP contribution in [0.2, 0.25) is 0 Å². The minimum Gasteiger partial charge on any atom is -0.481 e. The second-order valence-corrected chi connectivity index (χ2v) is 14.5. The number of carbonyl (C=O) groups is 1. The Hall–Kier alpha value is -0.830. The van der Waals surface area contributed by atoms with Gasteiger partial charge in [-0.3, -0.25) is 4.79 Å². The Morgan fingerprint density at radius 1 is 0.909 bits per heavy atom. The number of carboxylic acids is 1. The Balaban J connectivity index is 1.61. The number of allylic oxidation sites excluding steroid dienone is 2. The fourth-order valence-electron chi connectivity index (χ4n) is 10.8. The molecular formula is C30H48O3. The first-order valence-corrected chi connectivity index (χ1v) is 13.9. The maximum atomic E-state index is 12.8. The Bertz CT molecular complexity index is 874. The van der Waals surface area contributed by atoms with Crippen LogP contribution in [0.15, 0.2) is 11.6 Å². The van der Waals surface area contributed by atoms with E-state index in [1.807, 2.05) is 0 Å². The fraction of sp³-hybridized carbons (Fsp3) is 0.900. The van der Waals surface area contributed by atoms with Gasteiger partial charge >= 0.3 is 5.97 Å². The molecule has 10 atom stereocenters. The molecule has 3 nitrogen and oxygen atoms in total. The third-order valence-corrected chi connectivity index (χ3v) is 13.4. The van der Waals surface area contributed by atoms with Crippen LogP contribution in [-0.4, -0.2) is 22.3 Å². The van der Waals surface area contributed by atoms with E-state index in [4.69, 9.17) is 0 Å². The number of fused-ring (bicyclic) bond motifs is 7. The minimum atomic E-state index is -0.557. The van der Waals surface area contributed by atoms with Gasteiger partial charge < -0.3 is 10.2 Å². The Kier molecular flexibility index (Phi) is 5.15. The summed E-state index contributed by atoms with van der Waals surface area (Å²) in [6.07, 6.45) is 11.6. The molecule has 33 heavy (non-hydrogen) atoms. The van der Waals surface area contributed by atoms with E-state index in [0.717, 1.165) is 44.9 Å². The van der Waals surface area contributed by atoms with Crippen LogP contribution in [-0.2, 0) is 4.79 Å². The maximum Gasteiger partial charge on any atom is 0.310 e. The fourth-order valence-corrected chi connectivity index (χ4v) is 10.8. The van der Waals surface area contributed by atoms with Crippen LogP contribution >= 0.6 is 0 Å². The van der Waals surface area contributed by atoms with Gasteiger partial charge in [0.25, 0.3) is 0 Å². The largest absolute Gasteiger partial charge is 0.481 e. The van der Waals surface area contributed by atoms with Crippen molar-refractivity contribution in [1.29, 1.82) is 0 Å². The molecule has 0 bridgehead atoms. The number of hydrogen-bond donors (Lipinski definition) is 2. The predicted molar refractivity (Wildman–Crippen MR) is 133 cm³/mol. The number of rotatable bonds is 1. The van der Waals surface area contributed by atoms with Crippen LogP contribution in [0.1, 0.15) is 106 Å². The number of hydrogen-bond acceptors (Lipinski definition) is 2. The van der Waals surface area contributed by atoms with Crippen LogP contribution in [0.4, 0.5) is 0 Å². The third kappa shape index (κ3) is 2.75. The van der Waals surface area contributed by atoms with Crippen LogP contribution in [0.5, 0.6) is 0 Å². The summed E-state index contributed by atoms with van der Waals surface area (Å²) in [6, 6.07) is 0. The summed E-state index contributed by atoms with van der Waals surface area (Å²) in [4.78, 5) is 12.8. The lowest BCUT2D eigenvalue weighted by Gasteiger charge is -2.71. The summed E-state index contributed by atoms with van der Waals surface area (Å²) in [7, 11) is 0. The van der Waals surface area contributed by atoms with E-state index in [1.165, 1.54) is 18.4 Å². The van der Waals surface area contributed by atoms with E-state index in [1.54, 1.807) is 0 Å². The van der Waals surface area contributed by atoms with E-state index in [-0.39, 0.29) is 33.7 Å². The first kappa shape index (κ1) is 23.9. The molecule has 186 valence electrons. The zero-order chi connectivity index (χ0) is 24.2. The molecule has 0 unspecified atom stereocenters. The lowest BCUT2D eigenvalue weighted by molar-refractivity contribution is -0.206. The molecule has 0 aliphatic heterocycles. The smallest absolute Gasteiger partial charge is 0.310 e. The standard InChI is InChI=1S/C30H48O3/c1-18-10-15-30(25(32)33)17-16-28(6)20(24(30)19(18)2)8-9-22-27(5)13-12-23(31)26(3,4)21(27)11-14-29(22,28)7/h8,18-19,21-24,31H,9-17H2,1-7H3,(H,32,33)/t18-,19+,21+,22-,23+,24+,27+,28-,29-,30-/m1/s1. The summed E-state index contributed by atoms with van der Waals surface area (Å²) in [5.74, 6) is 1.82. The normalized spacial score (nSPS) is 55.3. The van der Waals surface area contributed by atoms with E-state index >= 15 is 0 Å². The maximum absolute atomic E-state index is 12.8. The molecule has 0 radical (unpaired) electrons. The molecule has 5 aliphatic carbocycles. The van der Waals surface area contributed by atoms with Crippen LogP contribution in [0.3, 0.4) is 0 Å². The van der Waals surface area contributed by atoms with Crippen LogP contribution in [0.25, 0.3) is 0 Å². The van der Waals surface area contributed by atoms with Gasteiger partial charge in [-0.2, -0.15) is 0 Å². The molecule has 0 aromatic heterocycles. The Morgan fingerprint density at radius 3 is 2.27 bits per heavy atom. The summed E-state index contributed by atoms with van der Waals surface area (Å²) in [5, 5.41) is 21.4. The monoisotopic (exact) mass is 456 g/mol. The molecule has 4 fully saturated rings. The van der Waals surface area contributed by atoms with Crippen LogP contribution < -0.4 is 0 Å². The Labute approximate surface area is 201 Å². The molecule has 2 N–H and O–H groups in total. The van der Waals surface area contributed by atoms with Gasteiger partial charge in [-0.1, -0.05) is 60.1 Å². The summed E-state index contributed by atoms with van der Waals surface area (Å²) >= 11 is 0. The van der Waals surface area contributed by atoms with Gasteiger partial charge in [-0.25, -0.2) is 0 Å². The zero-order valence-corrected chi connectivity index (χ0v) is 22.2. The molecule has 0 saturated heterocycles. The highest BCUT2D eigenvalue weighted by Gasteiger charge is 2.69. The quantitative estimate of drug-likeness (QED) is 0.414. The van der Waals surface area contributed by atoms with Gasteiger partial charge in [0.05, 0.1) is 11.5 Å². The minimum absolute atomic E-state index is 0.0302. The van der Waals surface area contributed by atoms with Crippen molar-refractivity contribution in [2.45, 2.75) is 112 Å². The predicted octanol–water partition coefficient (Wildman–Crippen LogP) is 7.09. The molecular weight excluding hydrogens is 408 g/mol. The van der Waals surface area contributed by atoms with Gasteiger partial charge in [0.15, 0.2) is 0 Å². The van der Waals surface area contributed by atoms with E-state index in [0.29, 0.717) is 23.7 Å². The highest BCUT2D eigenvalue weighted by molar-refractivity contribution is 5.76. The number of aliphatic hydroxyl groups excluding tert-OH is 1. The highest BCUT2D eigenvalue weighted by atomic mass is 16.4. The average molecular weight is 457 g/mol. The molecule has 0 spiro atoms. The summed E-state index contributed by atoms with van der Waals surface area (Å²) in [5.41, 5.74) is 1.46. The van der Waals surface area contributed by atoms with Crippen molar-refractivity contribution < 1.29 is 15.0 Å². The molecule has 0 amide bonds. The second kappa shape index (κ2) is 7.11. The lowest BCUT2D eigenvalue weighted by atomic mass is 9.33. The highest BCUT2D eigenvalue weighted by Crippen LogP contribution is 2.75. The first-order chi connectivity index (χ1) is 15.3. The van der Waals surface area contributed by atoms with Gasteiger partial charge in [-0.05, 0) is 109 Å². The Morgan fingerprint density at radius 2 is 1.61 bits per heavy atom. The summed E-state index contributed by atoms with van der Waals surface area (Å²) < 4.78 is 0. The zero-order valence-electron chi connectivity index (χ0n) is 22.2. The third-order valence-electron chi connectivity index (χ3n) is 13.4. The topological polar surface area (TPSA) is 57.5 Å². The lowest BCUT2D eigenvalue weighted by Crippen LogP contribution is -2.65. The van der Waals surface area contributed by atoms with Crippen molar-refractivity contribution in [2.75, 3.05) is 0 Å². The number of aliphatic carboxylic acids is 1. The van der Waals surface area contributed by atoms with Crippen molar-refractivity contribution in [3.8, 4) is 0 Å². The molecule has 0 aromatic carbocycles. The number of aliphatic hydroxyl groups is 1. The summed E-state index contributed by atoms with van der Waals surface area (Å²) in [6.45, 7) is 17.0. The molecule has 3 heteroatoms. The molecule has 5 rings (SSSR count). The van der Waals surface area contributed by atoms with E-state index < -0.39 is 11.4 Å². The van der Waals surface area contributed by atoms with E-state index in [2.05, 4.69) is 54.5 Å². The van der Waals surface area contributed by atoms with Crippen LogP contribution in [0, 0.1) is 56.7 Å². The van der Waals surface area contributed by atoms with Gasteiger partial charge in [-0.15, -0.1) is 0 Å². The second-order valence-electron chi connectivity index (χ2n) is 14.5. The molecule has 4 saturated carbocycles. The number of carboxylic acid groups (broad SMARTS) is 1. The van der Waals surface area contributed by atoms with Gasteiger partial charge in [0.2, 0.25) is 0 Å². The molecule has 0 heterocycles. The van der Waals surface area contributed by atoms with E-state index in [9.17, 15) is 15.0 Å². The van der Waals surface area contributed by atoms with Gasteiger partial charge in [0, 0.05) is 0 Å². The van der Waals surface area contributed by atoms with Crippen molar-refractivity contribution in [2.24, 2.45) is 56.7 Å². The van der Waals surface area contributed by atoms with Crippen molar-refractivity contribution >= 4 is 5.97 Å². The van der Waals surface area contributed by atoms with Crippen molar-refractivity contribution in [1.82, 2.24) is 0 Å². The molecule has 0 aromatic rings. The average Bonchev–Trinajstić information content (AvgIpc) is 2.74. The van der Waals surface area contributed by atoms with Gasteiger partial charge in [0.1, 0.15) is 0 Å².